The lowest BCUT2D eigenvalue weighted by molar-refractivity contribution is -0.137. The van der Waals surface area contributed by atoms with Crippen LogP contribution in [0.5, 0.6) is 11.5 Å². The molecule has 0 unspecified atom stereocenters. The van der Waals surface area contributed by atoms with Gasteiger partial charge in [-0.2, -0.15) is 0 Å². The molecular formula is C24H18Cl2FNO3. The molecule has 0 aliphatic carbocycles. The smallest absolute Gasteiger partial charge is 0.323 e. The summed E-state index contributed by atoms with van der Waals surface area (Å²) in [5, 5.41) is 10.9. The predicted molar refractivity (Wildman–Crippen MR) is 120 cm³/mol. The molecule has 3 aromatic carbocycles. The molecule has 0 fully saturated rings. The normalized spacial score (nSPS) is 11.1. The summed E-state index contributed by atoms with van der Waals surface area (Å²) in [4.78, 5) is 11.4. The van der Waals surface area contributed by atoms with Gasteiger partial charge in [-0.25, -0.2) is 4.39 Å². The molecule has 0 atom stereocenters. The predicted octanol–water partition coefficient (Wildman–Crippen LogP) is 6.86. The number of halogens is 3. The van der Waals surface area contributed by atoms with E-state index in [9.17, 15) is 14.3 Å². The fourth-order valence-corrected chi connectivity index (χ4v) is 4.15. The molecule has 4 aromatic rings. The van der Waals surface area contributed by atoms with Crippen molar-refractivity contribution in [1.82, 2.24) is 4.57 Å². The van der Waals surface area contributed by atoms with Crippen LogP contribution in [0.4, 0.5) is 4.39 Å². The lowest BCUT2D eigenvalue weighted by atomic mass is 10.0. The first-order chi connectivity index (χ1) is 14.8. The maximum atomic E-state index is 14.0. The van der Waals surface area contributed by atoms with E-state index in [1.165, 1.54) is 12.1 Å². The van der Waals surface area contributed by atoms with Gasteiger partial charge in [0, 0.05) is 28.0 Å². The minimum Gasteiger partial charge on any atom is -0.480 e. The summed E-state index contributed by atoms with van der Waals surface area (Å²) in [6, 6.07) is 16.9. The zero-order valence-electron chi connectivity index (χ0n) is 16.5. The van der Waals surface area contributed by atoms with Crippen molar-refractivity contribution in [2.24, 2.45) is 0 Å². The molecule has 158 valence electrons. The average molecular weight is 458 g/mol. The van der Waals surface area contributed by atoms with Crippen molar-refractivity contribution < 1.29 is 19.0 Å². The van der Waals surface area contributed by atoms with Crippen LogP contribution in [0.25, 0.3) is 10.9 Å². The third-order valence-electron chi connectivity index (χ3n) is 5.16. The highest BCUT2D eigenvalue weighted by atomic mass is 35.5. The first kappa shape index (κ1) is 21.2. The number of rotatable bonds is 6. The van der Waals surface area contributed by atoms with Crippen LogP contribution in [0.1, 0.15) is 16.8 Å². The third kappa shape index (κ3) is 4.38. The van der Waals surface area contributed by atoms with Gasteiger partial charge in [0.15, 0.2) is 0 Å². The van der Waals surface area contributed by atoms with Crippen LogP contribution in [0.15, 0.2) is 60.7 Å². The summed E-state index contributed by atoms with van der Waals surface area (Å²) in [6.45, 7) is 1.64. The van der Waals surface area contributed by atoms with Gasteiger partial charge in [-0.1, -0.05) is 41.4 Å². The Kier molecular flexibility index (Phi) is 5.90. The first-order valence-electron chi connectivity index (χ1n) is 9.53. The van der Waals surface area contributed by atoms with Gasteiger partial charge in [-0.3, -0.25) is 4.79 Å². The van der Waals surface area contributed by atoms with Crippen LogP contribution in [-0.4, -0.2) is 15.6 Å². The Bertz CT molecular complexity index is 1300. The zero-order chi connectivity index (χ0) is 22.1. The molecule has 7 heteroatoms. The number of carboxylic acid groups (broad SMARTS) is 1. The number of para-hydroxylation sites is 1. The topological polar surface area (TPSA) is 51.5 Å². The maximum Gasteiger partial charge on any atom is 0.323 e. The number of ether oxygens (including phenoxy) is 1. The van der Waals surface area contributed by atoms with Crippen LogP contribution in [0.2, 0.25) is 10.0 Å². The molecule has 0 spiro atoms. The third-order valence-corrected chi connectivity index (χ3v) is 5.69. The molecule has 0 aliphatic heterocycles. The molecule has 0 aliphatic rings. The lowest BCUT2D eigenvalue weighted by Gasteiger charge is -2.13. The molecule has 1 heterocycles. The molecule has 0 saturated carbocycles. The van der Waals surface area contributed by atoms with E-state index in [4.69, 9.17) is 27.9 Å². The molecule has 31 heavy (non-hydrogen) atoms. The zero-order valence-corrected chi connectivity index (χ0v) is 18.0. The molecule has 1 N–H and O–H groups in total. The van der Waals surface area contributed by atoms with Gasteiger partial charge < -0.3 is 14.4 Å². The average Bonchev–Trinajstić information content (AvgIpc) is 2.96. The van der Waals surface area contributed by atoms with Crippen LogP contribution >= 0.6 is 23.2 Å². The fraction of sp³-hybridized carbons (Fsp3) is 0.125. The largest absolute Gasteiger partial charge is 0.480 e. The molecule has 0 radical (unpaired) electrons. The summed E-state index contributed by atoms with van der Waals surface area (Å²) in [7, 11) is 0. The Hall–Kier alpha value is -3.02. The summed E-state index contributed by atoms with van der Waals surface area (Å²) in [6.07, 6.45) is 0.430. The Morgan fingerprint density at radius 1 is 1.06 bits per heavy atom. The monoisotopic (exact) mass is 457 g/mol. The second kappa shape index (κ2) is 8.61. The van der Waals surface area contributed by atoms with E-state index in [2.05, 4.69) is 0 Å². The number of hydrogen-bond acceptors (Lipinski definition) is 2. The quantitative estimate of drug-likeness (QED) is 0.343. The number of fused-ring (bicyclic) bond motifs is 1. The van der Waals surface area contributed by atoms with Crippen molar-refractivity contribution in [3.05, 3.63) is 93.3 Å². The Morgan fingerprint density at radius 3 is 2.58 bits per heavy atom. The van der Waals surface area contributed by atoms with Gasteiger partial charge in [-0.05, 0) is 60.5 Å². The number of nitrogens with zero attached hydrogens (tertiary/aromatic N) is 1. The van der Waals surface area contributed by atoms with E-state index in [-0.39, 0.29) is 12.4 Å². The number of aliphatic carboxylic acids is 1. The second-order valence-corrected chi connectivity index (χ2v) is 8.01. The summed E-state index contributed by atoms with van der Waals surface area (Å²) >= 11 is 12.2. The van der Waals surface area contributed by atoms with Crippen molar-refractivity contribution in [2.75, 3.05) is 0 Å². The van der Waals surface area contributed by atoms with Crippen LogP contribution in [-0.2, 0) is 17.8 Å². The number of carbonyl (C=O) groups is 1. The highest BCUT2D eigenvalue weighted by Gasteiger charge is 2.18. The van der Waals surface area contributed by atoms with E-state index in [1.807, 2.05) is 31.2 Å². The van der Waals surface area contributed by atoms with Gasteiger partial charge in [-0.15, -0.1) is 0 Å². The van der Waals surface area contributed by atoms with Crippen molar-refractivity contribution in [1.29, 1.82) is 0 Å². The summed E-state index contributed by atoms with van der Waals surface area (Å²) in [5.74, 6) is -0.271. The summed E-state index contributed by atoms with van der Waals surface area (Å²) < 4.78 is 21.8. The lowest BCUT2D eigenvalue weighted by Crippen LogP contribution is -2.10. The Morgan fingerprint density at radius 2 is 1.84 bits per heavy atom. The minimum atomic E-state index is -0.961. The van der Waals surface area contributed by atoms with Gasteiger partial charge >= 0.3 is 5.97 Å². The molecule has 1 aromatic heterocycles. The van der Waals surface area contributed by atoms with Crippen molar-refractivity contribution in [3.63, 3.8) is 0 Å². The molecular weight excluding hydrogens is 440 g/mol. The number of carboxylic acids is 1. The molecule has 0 amide bonds. The standard InChI is InChI=1S/C24H18Cl2FNO3/c1-14-18(19-12-17(27)7-8-21(19)28(14)13-24(29)30)10-15-4-2-3-5-22(15)31-23-9-6-16(25)11-20(23)26/h2-9,11-12H,10,13H2,1H3,(H,29,30). The summed E-state index contributed by atoms with van der Waals surface area (Å²) in [5.41, 5.74) is 3.14. The molecule has 4 rings (SSSR count). The SMILES string of the molecule is Cc1c(Cc2ccccc2Oc2ccc(Cl)cc2Cl)c2cc(F)ccc2n1CC(=O)O. The van der Waals surface area contributed by atoms with Gasteiger partial charge in [0.25, 0.3) is 0 Å². The van der Waals surface area contributed by atoms with E-state index >= 15 is 0 Å². The molecule has 0 saturated heterocycles. The van der Waals surface area contributed by atoms with Gasteiger partial charge in [0.2, 0.25) is 0 Å². The molecule has 0 bridgehead atoms. The fourth-order valence-electron chi connectivity index (χ4n) is 3.70. The van der Waals surface area contributed by atoms with E-state index < -0.39 is 5.97 Å². The number of aromatic nitrogens is 1. The van der Waals surface area contributed by atoms with Crippen molar-refractivity contribution in [2.45, 2.75) is 19.9 Å². The van der Waals surface area contributed by atoms with E-state index in [1.54, 1.807) is 28.8 Å². The van der Waals surface area contributed by atoms with Crippen molar-refractivity contribution >= 4 is 40.1 Å². The Labute approximate surface area is 188 Å². The Balaban J connectivity index is 1.77. The van der Waals surface area contributed by atoms with Crippen molar-refractivity contribution in [3.8, 4) is 11.5 Å². The van der Waals surface area contributed by atoms with Gasteiger partial charge in [0.05, 0.1) is 5.02 Å². The second-order valence-electron chi connectivity index (χ2n) is 7.17. The van der Waals surface area contributed by atoms with E-state index in [0.717, 1.165) is 16.8 Å². The van der Waals surface area contributed by atoms with Crippen LogP contribution in [0, 0.1) is 12.7 Å². The molecule has 4 nitrogen and oxygen atoms in total. The first-order valence-corrected chi connectivity index (χ1v) is 10.3. The highest BCUT2D eigenvalue weighted by molar-refractivity contribution is 6.35. The van der Waals surface area contributed by atoms with Crippen LogP contribution in [0.3, 0.4) is 0 Å². The number of benzene rings is 3. The minimum absolute atomic E-state index is 0.202. The van der Waals surface area contributed by atoms with Gasteiger partial charge in [0.1, 0.15) is 23.9 Å². The number of hydrogen-bond donors (Lipinski definition) is 1. The highest BCUT2D eigenvalue weighted by Crippen LogP contribution is 2.35. The van der Waals surface area contributed by atoms with Crippen LogP contribution < -0.4 is 4.74 Å². The van der Waals surface area contributed by atoms with E-state index in [0.29, 0.717) is 38.9 Å². The maximum absolute atomic E-state index is 14.0.